The molecule has 0 amide bonds. The molecule has 0 fully saturated rings. The van der Waals surface area contributed by atoms with Gasteiger partial charge in [0.05, 0.1) is 0 Å². The predicted octanol–water partition coefficient (Wildman–Crippen LogP) is 14.4. The van der Waals surface area contributed by atoms with Crippen molar-refractivity contribution in [1.29, 1.82) is 0 Å². The summed E-state index contributed by atoms with van der Waals surface area (Å²) in [7, 11) is 0. The van der Waals surface area contributed by atoms with E-state index in [1.54, 1.807) is 6.08 Å². The first-order chi connectivity index (χ1) is 23.3. The molecule has 48 heavy (non-hydrogen) atoms. The van der Waals surface area contributed by atoms with Crippen molar-refractivity contribution < 1.29 is 4.42 Å². The van der Waals surface area contributed by atoms with Crippen molar-refractivity contribution in [3.8, 4) is 11.1 Å². The van der Waals surface area contributed by atoms with Gasteiger partial charge >= 0.3 is 0 Å². The molecule has 0 N–H and O–H groups in total. The Labute approximate surface area is 289 Å². The van der Waals surface area contributed by atoms with Gasteiger partial charge in [-0.25, -0.2) is 0 Å². The third kappa shape index (κ3) is 9.83. The van der Waals surface area contributed by atoms with Crippen LogP contribution in [0.2, 0.25) is 0 Å². The average Bonchev–Trinajstić information content (AvgIpc) is 3.50. The van der Waals surface area contributed by atoms with E-state index in [1.807, 2.05) is 52.0 Å². The van der Waals surface area contributed by atoms with E-state index in [4.69, 9.17) is 4.42 Å². The minimum atomic E-state index is 0.923. The summed E-state index contributed by atoms with van der Waals surface area (Å²) in [6, 6.07) is 31.9. The molecule has 0 aliphatic heterocycles. The van der Waals surface area contributed by atoms with Gasteiger partial charge in [-0.05, 0) is 125 Å². The first-order valence-corrected chi connectivity index (χ1v) is 16.7. The normalized spacial score (nSPS) is 12.4. The Bertz CT molecular complexity index is 1960. The molecular weight excluding hydrogens is 583 g/mol. The second kappa shape index (κ2) is 19.4. The lowest BCUT2D eigenvalue weighted by atomic mass is 9.93. The zero-order chi connectivity index (χ0) is 34.9. The lowest BCUT2D eigenvalue weighted by molar-refractivity contribution is 0.669. The molecule has 2 heteroatoms. The summed E-state index contributed by atoms with van der Waals surface area (Å²) in [5, 5.41) is 2.33. The molecule has 246 valence electrons. The van der Waals surface area contributed by atoms with Crippen molar-refractivity contribution in [2.45, 2.75) is 55.4 Å². The number of benzene rings is 4. The second-order valence-electron chi connectivity index (χ2n) is 11.3. The van der Waals surface area contributed by atoms with E-state index in [1.165, 1.54) is 44.5 Å². The Morgan fingerprint density at radius 1 is 0.646 bits per heavy atom. The van der Waals surface area contributed by atoms with Gasteiger partial charge in [0.1, 0.15) is 11.2 Å². The number of fused-ring (bicyclic) bond motifs is 3. The fraction of sp³-hybridized carbons (Fsp3) is 0.174. The zero-order valence-electron chi connectivity index (χ0n) is 30.0. The number of rotatable bonds is 8. The third-order valence-electron chi connectivity index (χ3n) is 7.76. The van der Waals surface area contributed by atoms with Crippen LogP contribution in [0, 0.1) is 0 Å². The highest BCUT2D eigenvalue weighted by atomic mass is 16.3. The number of furan rings is 1. The van der Waals surface area contributed by atoms with Crippen LogP contribution >= 0.6 is 0 Å². The summed E-state index contributed by atoms with van der Waals surface area (Å²) in [5.41, 5.74) is 11.7. The molecule has 0 atom stereocenters. The minimum Gasteiger partial charge on any atom is -0.456 e. The van der Waals surface area contributed by atoms with Gasteiger partial charge < -0.3 is 9.32 Å². The maximum Gasteiger partial charge on any atom is 0.137 e. The van der Waals surface area contributed by atoms with E-state index in [0.29, 0.717) is 0 Å². The van der Waals surface area contributed by atoms with Gasteiger partial charge in [0, 0.05) is 34.4 Å². The maximum atomic E-state index is 5.96. The Morgan fingerprint density at radius 2 is 1.31 bits per heavy atom. The summed E-state index contributed by atoms with van der Waals surface area (Å²) in [6.45, 7) is 19.8. The van der Waals surface area contributed by atoms with Gasteiger partial charge in [0.15, 0.2) is 0 Å². The summed E-state index contributed by atoms with van der Waals surface area (Å²) in [5.74, 6) is 0. The smallest absolute Gasteiger partial charge is 0.137 e. The number of nitrogens with zero attached hydrogens (tertiary/aromatic N) is 1. The van der Waals surface area contributed by atoms with E-state index in [9.17, 15) is 0 Å². The van der Waals surface area contributed by atoms with Crippen LogP contribution < -0.4 is 4.90 Å². The lowest BCUT2D eigenvalue weighted by Crippen LogP contribution is -2.12. The van der Waals surface area contributed by atoms with Gasteiger partial charge in [0.25, 0.3) is 0 Å². The molecule has 0 aliphatic carbocycles. The van der Waals surface area contributed by atoms with E-state index in [-0.39, 0.29) is 0 Å². The number of allylic oxidation sites excluding steroid dienone is 12. The van der Waals surface area contributed by atoms with Crippen molar-refractivity contribution in [2.24, 2.45) is 0 Å². The quantitative estimate of drug-likeness (QED) is 0.125. The van der Waals surface area contributed by atoms with E-state index in [2.05, 4.69) is 161 Å². The summed E-state index contributed by atoms with van der Waals surface area (Å²) >= 11 is 0. The highest BCUT2D eigenvalue weighted by Crippen LogP contribution is 2.33. The van der Waals surface area contributed by atoms with E-state index in [0.717, 1.165) is 22.2 Å². The van der Waals surface area contributed by atoms with Gasteiger partial charge in [0.2, 0.25) is 0 Å². The van der Waals surface area contributed by atoms with Crippen LogP contribution in [0.15, 0.2) is 169 Å². The van der Waals surface area contributed by atoms with Crippen LogP contribution in [0.4, 0.5) is 5.69 Å². The molecule has 5 aromatic rings. The zero-order valence-corrected chi connectivity index (χ0v) is 30.0. The number of hydrogen-bond acceptors (Lipinski definition) is 2. The topological polar surface area (TPSA) is 16.4 Å². The fourth-order valence-corrected chi connectivity index (χ4v) is 5.25. The average molecular weight is 634 g/mol. The third-order valence-corrected chi connectivity index (χ3v) is 7.76. The van der Waals surface area contributed by atoms with Gasteiger partial charge in [-0.15, -0.1) is 6.58 Å². The van der Waals surface area contributed by atoms with Crippen molar-refractivity contribution >= 4 is 38.8 Å². The summed E-state index contributed by atoms with van der Waals surface area (Å²) < 4.78 is 5.96. The monoisotopic (exact) mass is 633 g/mol. The van der Waals surface area contributed by atoms with Gasteiger partial charge in [-0.1, -0.05) is 103 Å². The van der Waals surface area contributed by atoms with Crippen LogP contribution in [0.5, 0.6) is 0 Å². The number of hydrogen-bond donors (Lipinski definition) is 0. The highest BCUT2D eigenvalue weighted by molar-refractivity contribution is 6.05. The SMILES string of the molecule is C/C=C/N(/C(C)=C/C)c1ccc2c(c1)oc1ccccc12.C/C=C\C=C(/C)c1cc(C(/C=C\C)=C/C)cc(-c2ccccc2)c1.C=CC. The molecule has 1 heterocycles. The molecule has 0 unspecified atom stereocenters. The molecule has 0 bridgehead atoms. The van der Waals surface area contributed by atoms with Crippen molar-refractivity contribution in [3.63, 3.8) is 0 Å². The molecule has 0 radical (unpaired) electrons. The Balaban J connectivity index is 0.000000242. The molecule has 0 spiro atoms. The van der Waals surface area contributed by atoms with E-state index >= 15 is 0 Å². The first kappa shape index (κ1) is 37.1. The predicted molar refractivity (Wildman–Crippen MR) is 215 cm³/mol. The molecular formula is C46H51NO. The lowest BCUT2D eigenvalue weighted by Gasteiger charge is -2.21. The molecule has 1 aromatic heterocycles. The van der Waals surface area contributed by atoms with Gasteiger partial charge in [-0.2, -0.15) is 0 Å². The van der Waals surface area contributed by atoms with E-state index < -0.39 is 0 Å². The summed E-state index contributed by atoms with van der Waals surface area (Å²) in [6.07, 6.45) is 20.7. The van der Waals surface area contributed by atoms with Crippen molar-refractivity contribution in [2.75, 3.05) is 4.90 Å². The van der Waals surface area contributed by atoms with Crippen LogP contribution in [0.1, 0.15) is 66.5 Å². The number of para-hydroxylation sites is 1. The molecule has 0 aliphatic rings. The maximum absolute atomic E-state index is 5.96. The molecule has 2 nitrogen and oxygen atoms in total. The summed E-state index contributed by atoms with van der Waals surface area (Å²) in [4.78, 5) is 2.16. The Hall–Kier alpha value is -5.34. The largest absolute Gasteiger partial charge is 0.456 e. The van der Waals surface area contributed by atoms with Crippen LogP contribution in [-0.2, 0) is 0 Å². The number of anilines is 1. The highest BCUT2D eigenvalue weighted by Gasteiger charge is 2.11. The minimum absolute atomic E-state index is 0.923. The molecule has 0 saturated heterocycles. The van der Waals surface area contributed by atoms with Crippen molar-refractivity contribution in [3.05, 3.63) is 175 Å². The van der Waals surface area contributed by atoms with Gasteiger partial charge in [-0.3, -0.25) is 0 Å². The standard InChI is InChI=1S/C24H26.C19H19NO.C3H6/c1-5-8-13-19(4)22-16-23(20(7-3)12-6-2)18-24(17-22)21-14-10-9-11-15-21;1-4-12-20(14(3)5-2)15-10-11-17-16-8-6-7-9-18(16)21-19(17)13-15;1-3-2/h5-18H,1-4H3;4-13H,1-3H3;3H,1H2,2H3/b8-5-,12-6-,19-13+,20-7+;12-4+,14-5+;. The molecule has 0 saturated carbocycles. The second-order valence-corrected chi connectivity index (χ2v) is 11.3. The van der Waals surface area contributed by atoms with Crippen LogP contribution in [0.3, 0.4) is 0 Å². The Kier molecular flexibility index (Phi) is 15.0. The molecule has 5 rings (SSSR count). The Morgan fingerprint density at radius 3 is 1.96 bits per heavy atom. The fourth-order valence-electron chi connectivity index (χ4n) is 5.25. The van der Waals surface area contributed by atoms with Crippen molar-refractivity contribution in [1.82, 2.24) is 0 Å². The van der Waals surface area contributed by atoms with Crippen LogP contribution in [0.25, 0.3) is 44.2 Å². The molecule has 4 aromatic carbocycles. The first-order valence-electron chi connectivity index (χ1n) is 16.7. The van der Waals surface area contributed by atoms with Crippen LogP contribution in [-0.4, -0.2) is 0 Å².